The number of carbonyl (C=O) groups excluding carboxylic acids is 1. The van der Waals surface area contributed by atoms with Crippen molar-refractivity contribution in [1.82, 2.24) is 9.62 Å². The lowest BCUT2D eigenvalue weighted by Crippen LogP contribution is -2.42. The fraction of sp³-hybridized carbons (Fsp3) is 0.421. The highest BCUT2D eigenvalue weighted by molar-refractivity contribution is 7.91. The van der Waals surface area contributed by atoms with Crippen LogP contribution in [0.25, 0.3) is 0 Å². The van der Waals surface area contributed by atoms with Crippen LogP contribution in [0.1, 0.15) is 25.3 Å². The molecule has 1 atom stereocenters. The van der Waals surface area contributed by atoms with Gasteiger partial charge < -0.3 is 5.32 Å². The maximum atomic E-state index is 13.2. The van der Waals surface area contributed by atoms with Crippen molar-refractivity contribution in [3.8, 4) is 0 Å². The first kappa shape index (κ1) is 21.2. The van der Waals surface area contributed by atoms with E-state index in [2.05, 4.69) is 5.32 Å². The minimum absolute atomic E-state index is 0.101. The summed E-state index contributed by atoms with van der Waals surface area (Å²) < 4.78 is 40.7. The summed E-state index contributed by atoms with van der Waals surface area (Å²) in [5.41, 5.74) is 0.705. The zero-order chi connectivity index (χ0) is 20.3. The van der Waals surface area contributed by atoms with Gasteiger partial charge in [0, 0.05) is 25.6 Å². The van der Waals surface area contributed by atoms with Gasteiger partial charge in [-0.25, -0.2) is 12.8 Å². The van der Waals surface area contributed by atoms with Gasteiger partial charge in [-0.1, -0.05) is 30.7 Å². The first-order valence-corrected chi connectivity index (χ1v) is 11.7. The fourth-order valence-corrected chi connectivity index (χ4v) is 6.50. The molecule has 1 saturated heterocycles. The van der Waals surface area contributed by atoms with Crippen LogP contribution in [-0.4, -0.2) is 31.7 Å². The number of amides is 1. The molecule has 1 N–H and O–H groups in total. The minimum atomic E-state index is -3.53. The molecule has 0 radical (unpaired) electrons. The summed E-state index contributed by atoms with van der Waals surface area (Å²) in [6.45, 7) is 2.89. The van der Waals surface area contributed by atoms with Crippen molar-refractivity contribution in [3.63, 3.8) is 0 Å². The topological polar surface area (TPSA) is 66.5 Å². The summed E-state index contributed by atoms with van der Waals surface area (Å²) in [6, 6.07) is 9.23. The van der Waals surface area contributed by atoms with Crippen LogP contribution in [0.15, 0.2) is 40.6 Å². The lowest BCUT2D eigenvalue weighted by molar-refractivity contribution is -0.126. The van der Waals surface area contributed by atoms with Gasteiger partial charge in [0.2, 0.25) is 5.91 Å². The SMILES string of the molecule is CC(C(=O)NCc1cccc(F)c1)C1CCN(S(=O)(=O)c2ccc(Cl)s2)CC1. The molecule has 152 valence electrons. The molecule has 3 rings (SSSR count). The van der Waals surface area contributed by atoms with E-state index in [9.17, 15) is 17.6 Å². The molecule has 1 unspecified atom stereocenters. The molecule has 2 aromatic rings. The van der Waals surface area contributed by atoms with Crippen LogP contribution in [0.4, 0.5) is 4.39 Å². The van der Waals surface area contributed by atoms with Crippen LogP contribution in [0.2, 0.25) is 4.34 Å². The molecule has 5 nitrogen and oxygen atoms in total. The van der Waals surface area contributed by atoms with Crippen molar-refractivity contribution in [1.29, 1.82) is 0 Å². The van der Waals surface area contributed by atoms with Gasteiger partial charge in [0.05, 0.1) is 4.34 Å². The van der Waals surface area contributed by atoms with Crippen LogP contribution < -0.4 is 5.32 Å². The van der Waals surface area contributed by atoms with Crippen molar-refractivity contribution in [2.24, 2.45) is 11.8 Å². The smallest absolute Gasteiger partial charge is 0.252 e. The molecule has 0 saturated carbocycles. The molecule has 0 bridgehead atoms. The van der Waals surface area contributed by atoms with Gasteiger partial charge in [-0.2, -0.15) is 4.31 Å². The Morgan fingerprint density at radius 2 is 2.04 bits per heavy atom. The summed E-state index contributed by atoms with van der Waals surface area (Å²) >= 11 is 6.91. The second-order valence-electron chi connectivity index (χ2n) is 6.94. The Bertz CT molecular complexity index is 940. The first-order valence-electron chi connectivity index (χ1n) is 9.05. The molecule has 1 fully saturated rings. The molecular formula is C19H22ClFN2O3S2. The number of nitrogens with one attached hydrogen (secondary N) is 1. The van der Waals surface area contributed by atoms with E-state index in [1.807, 2.05) is 6.92 Å². The van der Waals surface area contributed by atoms with E-state index in [-0.39, 0.29) is 34.3 Å². The lowest BCUT2D eigenvalue weighted by Gasteiger charge is -2.33. The monoisotopic (exact) mass is 444 g/mol. The van der Waals surface area contributed by atoms with Gasteiger partial charge in [-0.15, -0.1) is 11.3 Å². The first-order chi connectivity index (χ1) is 13.3. The minimum Gasteiger partial charge on any atom is -0.352 e. The Kier molecular flexibility index (Phi) is 6.75. The Hall–Kier alpha value is -1.48. The second-order valence-corrected chi connectivity index (χ2v) is 10.8. The number of sulfonamides is 1. The molecule has 9 heteroatoms. The molecule has 0 spiro atoms. The molecule has 1 amide bonds. The van der Waals surface area contributed by atoms with Gasteiger partial charge in [0.1, 0.15) is 10.0 Å². The van der Waals surface area contributed by atoms with E-state index in [1.54, 1.807) is 18.2 Å². The number of thiophene rings is 1. The van der Waals surface area contributed by atoms with Crippen LogP contribution >= 0.6 is 22.9 Å². The quantitative estimate of drug-likeness (QED) is 0.734. The number of benzene rings is 1. The predicted octanol–water partition coefficient (Wildman–Crippen LogP) is 3.89. The Morgan fingerprint density at radius 3 is 2.64 bits per heavy atom. The Labute approximate surface area is 173 Å². The highest BCUT2D eigenvalue weighted by Gasteiger charge is 2.34. The van der Waals surface area contributed by atoms with Crippen molar-refractivity contribution in [3.05, 3.63) is 52.1 Å². The summed E-state index contributed by atoms with van der Waals surface area (Å²) in [4.78, 5) is 12.5. The molecule has 2 heterocycles. The highest BCUT2D eigenvalue weighted by Crippen LogP contribution is 2.32. The van der Waals surface area contributed by atoms with Crippen LogP contribution in [0.3, 0.4) is 0 Å². The molecule has 28 heavy (non-hydrogen) atoms. The Morgan fingerprint density at radius 1 is 1.32 bits per heavy atom. The summed E-state index contributed by atoms with van der Waals surface area (Å²) in [5.74, 6) is -0.573. The number of nitrogens with zero attached hydrogens (tertiary/aromatic N) is 1. The van der Waals surface area contributed by atoms with Crippen LogP contribution in [-0.2, 0) is 21.4 Å². The number of halogens is 2. The van der Waals surface area contributed by atoms with Crippen molar-refractivity contribution >= 4 is 38.9 Å². The average molecular weight is 445 g/mol. The van der Waals surface area contributed by atoms with E-state index in [0.29, 0.717) is 35.8 Å². The third-order valence-corrected chi connectivity index (χ3v) is 8.71. The largest absolute Gasteiger partial charge is 0.352 e. The number of piperidine rings is 1. The molecule has 1 aliphatic rings. The van der Waals surface area contributed by atoms with Crippen molar-refractivity contribution in [2.45, 2.75) is 30.5 Å². The van der Waals surface area contributed by atoms with E-state index in [4.69, 9.17) is 11.6 Å². The standard InChI is InChI=1S/C19H22ClFN2O3S2/c1-13(19(24)22-12-14-3-2-4-16(21)11-14)15-7-9-23(10-8-15)28(25,26)18-6-5-17(20)27-18/h2-6,11,13,15H,7-10,12H2,1H3,(H,22,24). The van der Waals surface area contributed by atoms with Gasteiger partial charge >= 0.3 is 0 Å². The molecule has 0 aliphatic carbocycles. The van der Waals surface area contributed by atoms with Crippen molar-refractivity contribution < 1.29 is 17.6 Å². The molecule has 1 aromatic heterocycles. The van der Waals surface area contributed by atoms with E-state index < -0.39 is 10.0 Å². The molecule has 1 aliphatic heterocycles. The summed E-state index contributed by atoms with van der Waals surface area (Å²) in [5, 5.41) is 2.84. The molecule has 1 aromatic carbocycles. The zero-order valence-electron chi connectivity index (χ0n) is 15.4. The number of carbonyl (C=O) groups is 1. The summed E-state index contributed by atoms with van der Waals surface area (Å²) in [6.07, 6.45) is 1.24. The Balaban J connectivity index is 1.53. The van der Waals surface area contributed by atoms with Crippen LogP contribution in [0, 0.1) is 17.7 Å². The second kappa shape index (κ2) is 8.90. The third kappa shape index (κ3) is 4.92. The van der Waals surface area contributed by atoms with E-state index in [1.165, 1.54) is 22.5 Å². The average Bonchev–Trinajstić information content (AvgIpc) is 3.13. The highest BCUT2D eigenvalue weighted by atomic mass is 35.5. The fourth-order valence-electron chi connectivity index (χ4n) is 3.39. The van der Waals surface area contributed by atoms with Gasteiger partial charge in [0.25, 0.3) is 10.0 Å². The van der Waals surface area contributed by atoms with Crippen molar-refractivity contribution in [2.75, 3.05) is 13.1 Å². The third-order valence-electron chi connectivity index (χ3n) is 5.12. The lowest BCUT2D eigenvalue weighted by atomic mass is 9.85. The number of hydrogen-bond acceptors (Lipinski definition) is 4. The maximum Gasteiger partial charge on any atom is 0.252 e. The normalized spacial score (nSPS) is 17.4. The number of rotatable bonds is 6. The van der Waals surface area contributed by atoms with E-state index >= 15 is 0 Å². The number of hydrogen-bond donors (Lipinski definition) is 1. The maximum absolute atomic E-state index is 13.2. The molecular weight excluding hydrogens is 423 g/mol. The zero-order valence-corrected chi connectivity index (χ0v) is 17.8. The van der Waals surface area contributed by atoms with Gasteiger partial charge in [-0.05, 0) is 48.6 Å². The van der Waals surface area contributed by atoms with Gasteiger partial charge in [-0.3, -0.25) is 4.79 Å². The predicted molar refractivity (Wildman–Crippen MR) is 108 cm³/mol. The summed E-state index contributed by atoms with van der Waals surface area (Å²) in [7, 11) is -3.53. The van der Waals surface area contributed by atoms with Crippen LogP contribution in [0.5, 0.6) is 0 Å². The van der Waals surface area contributed by atoms with Gasteiger partial charge in [0.15, 0.2) is 0 Å². The van der Waals surface area contributed by atoms with E-state index in [0.717, 1.165) is 11.3 Å².